The molecular weight excluding hydrogens is 287 g/mol. The molecule has 0 radical (unpaired) electrons. The molecule has 2 unspecified atom stereocenters. The van der Waals surface area contributed by atoms with Crippen LogP contribution in [0.25, 0.3) is 0 Å². The van der Waals surface area contributed by atoms with E-state index >= 15 is 0 Å². The van der Waals surface area contributed by atoms with E-state index in [1.165, 1.54) is 51.4 Å². The molecule has 0 saturated heterocycles. The molecule has 0 spiro atoms. The van der Waals surface area contributed by atoms with Crippen molar-refractivity contribution in [1.82, 2.24) is 0 Å². The Bertz CT molecular complexity index is 168. The molecule has 0 aromatic heterocycles. The summed E-state index contributed by atoms with van der Waals surface area (Å²) in [5.74, 6) is 0.904. The maximum atomic E-state index is 6.07. The fourth-order valence-electron chi connectivity index (χ4n) is 2.34. The molecule has 2 rings (SSSR count). The molecule has 2 atom stereocenters. The van der Waals surface area contributed by atoms with Crippen LogP contribution in [0.15, 0.2) is 0 Å². The van der Waals surface area contributed by atoms with Crippen LogP contribution in [-0.2, 0) is 4.74 Å². The smallest absolute Gasteiger partial charge is 0.0692 e. The maximum absolute atomic E-state index is 6.07. The highest BCUT2D eigenvalue weighted by Crippen LogP contribution is 2.30. The number of rotatable bonds is 3. The zero-order valence-corrected chi connectivity index (χ0v) is 11.0. The van der Waals surface area contributed by atoms with E-state index in [0.29, 0.717) is 6.10 Å². The summed E-state index contributed by atoms with van der Waals surface area (Å²) in [6, 6.07) is 0. The molecule has 0 heterocycles. The van der Waals surface area contributed by atoms with Crippen molar-refractivity contribution in [2.24, 2.45) is 5.92 Å². The number of halogens is 1. The summed E-state index contributed by atoms with van der Waals surface area (Å²) < 4.78 is 6.84. The van der Waals surface area contributed by atoms with Crippen LogP contribution < -0.4 is 0 Å². The van der Waals surface area contributed by atoms with E-state index < -0.39 is 0 Å². The SMILES string of the molecule is IC1CCCCCC1OCC1CCC1. The minimum atomic E-state index is 0.568. The van der Waals surface area contributed by atoms with Gasteiger partial charge in [0, 0.05) is 10.5 Å². The van der Waals surface area contributed by atoms with Gasteiger partial charge in [-0.15, -0.1) is 0 Å². The van der Waals surface area contributed by atoms with Gasteiger partial charge in [0.05, 0.1) is 6.10 Å². The Labute approximate surface area is 101 Å². The Kier molecular flexibility index (Phi) is 4.54. The molecule has 0 bridgehead atoms. The average Bonchev–Trinajstić information content (AvgIpc) is 2.29. The lowest BCUT2D eigenvalue weighted by atomic mass is 9.86. The third-order valence-corrected chi connectivity index (χ3v) is 5.07. The van der Waals surface area contributed by atoms with Crippen molar-refractivity contribution in [2.45, 2.75) is 61.4 Å². The van der Waals surface area contributed by atoms with E-state index in [-0.39, 0.29) is 0 Å². The predicted octanol–water partition coefficient (Wildman–Crippen LogP) is 3.94. The Balaban J connectivity index is 1.70. The van der Waals surface area contributed by atoms with Crippen LogP contribution in [0.2, 0.25) is 0 Å². The van der Waals surface area contributed by atoms with Crippen molar-refractivity contribution in [3.63, 3.8) is 0 Å². The first-order chi connectivity index (χ1) is 6.86. The highest BCUT2D eigenvalue weighted by atomic mass is 127. The molecule has 2 aliphatic rings. The first kappa shape index (κ1) is 11.2. The summed E-state index contributed by atoms with van der Waals surface area (Å²) >= 11 is 2.60. The fraction of sp³-hybridized carbons (Fsp3) is 1.00. The van der Waals surface area contributed by atoms with Crippen molar-refractivity contribution >= 4 is 22.6 Å². The highest BCUT2D eigenvalue weighted by molar-refractivity contribution is 14.1. The lowest BCUT2D eigenvalue weighted by molar-refractivity contribution is 0.00875. The van der Waals surface area contributed by atoms with Crippen LogP contribution >= 0.6 is 22.6 Å². The third-order valence-electron chi connectivity index (χ3n) is 3.64. The highest BCUT2D eigenvalue weighted by Gasteiger charge is 2.24. The van der Waals surface area contributed by atoms with Gasteiger partial charge in [-0.3, -0.25) is 0 Å². The van der Waals surface area contributed by atoms with Crippen molar-refractivity contribution in [3.8, 4) is 0 Å². The normalized spacial score (nSPS) is 34.9. The Morgan fingerprint density at radius 3 is 2.43 bits per heavy atom. The monoisotopic (exact) mass is 308 g/mol. The van der Waals surface area contributed by atoms with Gasteiger partial charge in [-0.05, 0) is 31.6 Å². The molecule has 2 fully saturated rings. The third kappa shape index (κ3) is 3.09. The fourth-order valence-corrected chi connectivity index (χ4v) is 3.34. The van der Waals surface area contributed by atoms with Crippen LogP contribution in [0.4, 0.5) is 0 Å². The molecular formula is C12H21IO. The van der Waals surface area contributed by atoms with Crippen LogP contribution in [0.1, 0.15) is 51.4 Å². The van der Waals surface area contributed by atoms with Crippen LogP contribution in [0.3, 0.4) is 0 Å². The van der Waals surface area contributed by atoms with E-state index in [4.69, 9.17) is 4.74 Å². The van der Waals surface area contributed by atoms with Gasteiger partial charge >= 0.3 is 0 Å². The summed E-state index contributed by atoms with van der Waals surface area (Å²) in [6.45, 7) is 1.05. The number of hydrogen-bond donors (Lipinski definition) is 0. The van der Waals surface area contributed by atoms with Gasteiger partial charge in [0.1, 0.15) is 0 Å². The van der Waals surface area contributed by atoms with Gasteiger partial charge in [0.2, 0.25) is 0 Å². The molecule has 1 nitrogen and oxygen atoms in total. The van der Waals surface area contributed by atoms with Gasteiger partial charge in [0.15, 0.2) is 0 Å². The van der Waals surface area contributed by atoms with Crippen LogP contribution in [-0.4, -0.2) is 16.6 Å². The summed E-state index contributed by atoms with van der Waals surface area (Å²) in [7, 11) is 0. The standard InChI is InChI=1S/C12H21IO/c13-11-7-2-1-3-8-12(11)14-9-10-5-4-6-10/h10-12H,1-9H2. The van der Waals surface area contributed by atoms with Crippen LogP contribution in [0, 0.1) is 5.92 Å². The van der Waals surface area contributed by atoms with Gasteiger partial charge < -0.3 is 4.74 Å². The summed E-state index contributed by atoms with van der Waals surface area (Å²) in [5, 5.41) is 0. The summed E-state index contributed by atoms with van der Waals surface area (Å²) in [5.41, 5.74) is 0. The molecule has 0 amide bonds. The van der Waals surface area contributed by atoms with Crippen molar-refractivity contribution in [2.75, 3.05) is 6.61 Å². The van der Waals surface area contributed by atoms with Crippen LogP contribution in [0.5, 0.6) is 0 Å². The molecule has 0 aliphatic heterocycles. The quantitative estimate of drug-likeness (QED) is 0.436. The second-order valence-electron chi connectivity index (χ2n) is 4.82. The molecule has 0 N–H and O–H groups in total. The zero-order chi connectivity index (χ0) is 9.80. The van der Waals surface area contributed by atoms with E-state index in [9.17, 15) is 0 Å². The molecule has 2 saturated carbocycles. The minimum Gasteiger partial charge on any atom is -0.377 e. The Morgan fingerprint density at radius 2 is 1.71 bits per heavy atom. The topological polar surface area (TPSA) is 9.23 Å². The average molecular weight is 308 g/mol. The zero-order valence-electron chi connectivity index (χ0n) is 8.88. The molecule has 0 aromatic carbocycles. The maximum Gasteiger partial charge on any atom is 0.0692 e. The lowest BCUT2D eigenvalue weighted by Gasteiger charge is -2.29. The molecule has 0 aromatic rings. The van der Waals surface area contributed by atoms with E-state index in [2.05, 4.69) is 22.6 Å². The van der Waals surface area contributed by atoms with E-state index in [1.807, 2.05) is 0 Å². The summed E-state index contributed by atoms with van der Waals surface area (Å²) in [6.07, 6.45) is 11.7. The number of ether oxygens (including phenoxy) is 1. The van der Waals surface area contributed by atoms with E-state index in [1.54, 1.807) is 0 Å². The Hall–Kier alpha value is 0.690. The molecule has 14 heavy (non-hydrogen) atoms. The molecule has 2 aliphatic carbocycles. The minimum absolute atomic E-state index is 0.568. The predicted molar refractivity (Wildman–Crippen MR) is 68.0 cm³/mol. The first-order valence-corrected chi connectivity index (χ1v) is 7.36. The van der Waals surface area contributed by atoms with Crippen molar-refractivity contribution in [3.05, 3.63) is 0 Å². The number of alkyl halides is 1. The lowest BCUT2D eigenvalue weighted by Crippen LogP contribution is -2.27. The largest absolute Gasteiger partial charge is 0.377 e. The van der Waals surface area contributed by atoms with E-state index in [0.717, 1.165) is 16.4 Å². The number of hydrogen-bond acceptors (Lipinski definition) is 1. The van der Waals surface area contributed by atoms with Gasteiger partial charge in [-0.25, -0.2) is 0 Å². The Morgan fingerprint density at radius 1 is 0.929 bits per heavy atom. The van der Waals surface area contributed by atoms with Gasteiger partial charge in [0.25, 0.3) is 0 Å². The first-order valence-electron chi connectivity index (χ1n) is 6.12. The van der Waals surface area contributed by atoms with Crippen molar-refractivity contribution in [1.29, 1.82) is 0 Å². The van der Waals surface area contributed by atoms with Gasteiger partial charge in [-0.1, -0.05) is 48.3 Å². The van der Waals surface area contributed by atoms with Crippen molar-refractivity contribution < 1.29 is 4.74 Å². The second-order valence-corrected chi connectivity index (χ2v) is 6.42. The summed E-state index contributed by atoms with van der Waals surface area (Å²) in [4.78, 5) is 0. The molecule has 82 valence electrons. The molecule has 2 heteroatoms. The van der Waals surface area contributed by atoms with Gasteiger partial charge in [-0.2, -0.15) is 0 Å². The second kappa shape index (κ2) is 5.69.